The molecule has 0 radical (unpaired) electrons. The van der Waals surface area contributed by atoms with E-state index in [9.17, 15) is 0 Å². The van der Waals surface area contributed by atoms with Gasteiger partial charge in [0.2, 0.25) is 0 Å². The van der Waals surface area contributed by atoms with Gasteiger partial charge in [0.1, 0.15) is 12.1 Å². The third-order valence-electron chi connectivity index (χ3n) is 3.32. The number of nitrogens with one attached hydrogen (secondary N) is 1. The fraction of sp³-hybridized carbons (Fsp3) is 0.125. The second-order valence-electron chi connectivity index (χ2n) is 4.70. The minimum atomic E-state index is 0. The summed E-state index contributed by atoms with van der Waals surface area (Å²) in [5.41, 5.74) is 1.58. The average Bonchev–Trinajstić information content (AvgIpc) is 2.57. The number of fused-ring (bicyclic) bond motifs is 1. The van der Waals surface area contributed by atoms with Gasteiger partial charge < -0.3 is 14.8 Å². The molecule has 0 bridgehead atoms. The maximum absolute atomic E-state index is 6.13. The van der Waals surface area contributed by atoms with E-state index >= 15 is 0 Å². The maximum atomic E-state index is 6.13. The van der Waals surface area contributed by atoms with Crippen molar-refractivity contribution in [2.24, 2.45) is 0 Å². The topological polar surface area (TPSA) is 56.3 Å². The highest BCUT2D eigenvalue weighted by atomic mass is 79.9. The fourth-order valence-corrected chi connectivity index (χ4v) is 2.62. The molecule has 1 heterocycles. The van der Waals surface area contributed by atoms with Crippen LogP contribution in [-0.4, -0.2) is 24.2 Å². The molecule has 1 aromatic heterocycles. The van der Waals surface area contributed by atoms with E-state index < -0.39 is 0 Å². The Kier molecular flexibility index (Phi) is 6.10. The Balaban J connectivity index is 0.00000208. The molecule has 0 amide bonds. The maximum Gasteiger partial charge on any atom is 0.162 e. The molecular formula is C16H14BrCl2N3O2. The smallest absolute Gasteiger partial charge is 0.162 e. The van der Waals surface area contributed by atoms with Crippen molar-refractivity contribution in [3.8, 4) is 11.5 Å². The van der Waals surface area contributed by atoms with Crippen LogP contribution in [0.3, 0.4) is 0 Å². The standard InChI is InChI=1S/C16H13BrClN3O2.ClH/c1-22-14-6-10-13(7-15(14)23-2)19-8-20-16(10)21-9-3-4-11(17)12(18)5-9;/h3-8H,1-2H3,(H,19,20,21);1H. The molecule has 2 aromatic carbocycles. The van der Waals surface area contributed by atoms with Crippen LogP contribution in [0.4, 0.5) is 11.5 Å². The summed E-state index contributed by atoms with van der Waals surface area (Å²) in [7, 11) is 3.18. The van der Waals surface area contributed by atoms with Crippen LogP contribution in [-0.2, 0) is 0 Å². The van der Waals surface area contributed by atoms with E-state index in [1.54, 1.807) is 14.2 Å². The third-order valence-corrected chi connectivity index (χ3v) is 4.56. The van der Waals surface area contributed by atoms with Crippen LogP contribution in [0.1, 0.15) is 0 Å². The van der Waals surface area contributed by atoms with Crippen LogP contribution >= 0.6 is 39.9 Å². The normalized spacial score (nSPS) is 10.2. The summed E-state index contributed by atoms with van der Waals surface area (Å²) in [6.07, 6.45) is 1.50. The lowest BCUT2D eigenvalue weighted by Gasteiger charge is -2.12. The number of benzene rings is 2. The SMILES string of the molecule is COc1cc2ncnc(Nc3ccc(Br)c(Cl)c3)c2cc1OC.Cl. The number of nitrogens with zero attached hydrogens (tertiary/aromatic N) is 2. The summed E-state index contributed by atoms with van der Waals surface area (Å²) in [5.74, 6) is 1.90. The van der Waals surface area contributed by atoms with Crippen molar-refractivity contribution in [2.45, 2.75) is 0 Å². The Bertz CT molecular complexity index is 877. The van der Waals surface area contributed by atoms with Crippen molar-refractivity contribution in [3.05, 3.63) is 46.2 Å². The largest absolute Gasteiger partial charge is 0.493 e. The zero-order chi connectivity index (χ0) is 16.4. The van der Waals surface area contributed by atoms with Crippen LogP contribution in [0, 0.1) is 0 Å². The molecule has 3 rings (SSSR count). The summed E-state index contributed by atoms with van der Waals surface area (Å²) in [4.78, 5) is 8.59. The van der Waals surface area contributed by atoms with Gasteiger partial charge in [0.05, 0.1) is 24.8 Å². The second-order valence-corrected chi connectivity index (χ2v) is 5.96. The molecule has 0 aliphatic heterocycles. The number of aromatic nitrogens is 2. The van der Waals surface area contributed by atoms with Gasteiger partial charge in [0.15, 0.2) is 11.5 Å². The molecule has 8 heteroatoms. The fourth-order valence-electron chi connectivity index (χ4n) is 2.19. The van der Waals surface area contributed by atoms with Crippen LogP contribution in [0.2, 0.25) is 5.02 Å². The Morgan fingerprint density at radius 3 is 2.42 bits per heavy atom. The Morgan fingerprint density at radius 1 is 1.04 bits per heavy atom. The molecule has 0 aliphatic carbocycles. The summed E-state index contributed by atoms with van der Waals surface area (Å²) in [6.45, 7) is 0. The van der Waals surface area contributed by atoms with Crippen molar-refractivity contribution in [3.63, 3.8) is 0 Å². The predicted molar refractivity (Wildman–Crippen MR) is 102 cm³/mol. The number of methoxy groups -OCH3 is 2. The van der Waals surface area contributed by atoms with E-state index in [0.29, 0.717) is 22.3 Å². The molecule has 0 atom stereocenters. The Labute approximate surface area is 158 Å². The summed E-state index contributed by atoms with van der Waals surface area (Å²) in [6, 6.07) is 9.26. The lowest BCUT2D eigenvalue weighted by Crippen LogP contribution is -1.98. The van der Waals surface area contributed by atoms with Gasteiger partial charge in [-0.25, -0.2) is 9.97 Å². The molecule has 0 fully saturated rings. The van der Waals surface area contributed by atoms with Gasteiger partial charge in [-0.15, -0.1) is 12.4 Å². The number of hydrogen-bond donors (Lipinski definition) is 1. The zero-order valence-corrected chi connectivity index (χ0v) is 16.0. The van der Waals surface area contributed by atoms with Crippen LogP contribution in [0.5, 0.6) is 11.5 Å². The van der Waals surface area contributed by atoms with Crippen molar-refractivity contribution < 1.29 is 9.47 Å². The second kappa shape index (κ2) is 7.88. The van der Waals surface area contributed by atoms with Crippen LogP contribution in [0.15, 0.2) is 41.1 Å². The van der Waals surface area contributed by atoms with Gasteiger partial charge in [0, 0.05) is 21.6 Å². The quantitative estimate of drug-likeness (QED) is 0.614. The highest BCUT2D eigenvalue weighted by Gasteiger charge is 2.11. The molecule has 0 unspecified atom stereocenters. The number of ether oxygens (including phenoxy) is 2. The first-order valence-electron chi connectivity index (χ1n) is 6.71. The molecule has 5 nitrogen and oxygen atoms in total. The Morgan fingerprint density at radius 2 is 1.75 bits per heavy atom. The summed E-state index contributed by atoms with van der Waals surface area (Å²) < 4.78 is 11.5. The minimum absolute atomic E-state index is 0. The minimum Gasteiger partial charge on any atom is -0.493 e. The summed E-state index contributed by atoms with van der Waals surface area (Å²) >= 11 is 9.50. The molecule has 0 spiro atoms. The zero-order valence-electron chi connectivity index (χ0n) is 12.8. The first kappa shape index (κ1) is 18.6. The molecule has 3 aromatic rings. The molecule has 1 N–H and O–H groups in total. The van der Waals surface area contributed by atoms with Crippen molar-refractivity contribution in [1.82, 2.24) is 9.97 Å². The van der Waals surface area contributed by atoms with Gasteiger partial charge in [0.25, 0.3) is 0 Å². The summed E-state index contributed by atoms with van der Waals surface area (Å²) in [5, 5.41) is 4.69. The van der Waals surface area contributed by atoms with E-state index in [1.807, 2.05) is 30.3 Å². The van der Waals surface area contributed by atoms with Gasteiger partial charge in [-0.1, -0.05) is 11.6 Å². The number of hydrogen-bond acceptors (Lipinski definition) is 5. The highest BCUT2D eigenvalue weighted by Crippen LogP contribution is 2.35. The van der Waals surface area contributed by atoms with Crippen LogP contribution in [0.25, 0.3) is 10.9 Å². The van der Waals surface area contributed by atoms with Gasteiger partial charge >= 0.3 is 0 Å². The van der Waals surface area contributed by atoms with E-state index in [1.165, 1.54) is 6.33 Å². The van der Waals surface area contributed by atoms with E-state index in [4.69, 9.17) is 21.1 Å². The Hall–Kier alpha value is -1.76. The number of anilines is 2. The molecule has 126 valence electrons. The monoisotopic (exact) mass is 429 g/mol. The van der Waals surface area contributed by atoms with Crippen LogP contribution < -0.4 is 14.8 Å². The van der Waals surface area contributed by atoms with Crippen molar-refractivity contribution in [2.75, 3.05) is 19.5 Å². The molecule has 0 aliphatic rings. The lowest BCUT2D eigenvalue weighted by molar-refractivity contribution is 0.356. The van der Waals surface area contributed by atoms with Gasteiger partial charge in [-0.2, -0.15) is 0 Å². The highest BCUT2D eigenvalue weighted by molar-refractivity contribution is 9.10. The predicted octanol–water partition coefficient (Wildman–Crippen LogP) is 5.23. The van der Waals surface area contributed by atoms with E-state index in [2.05, 4.69) is 31.2 Å². The van der Waals surface area contributed by atoms with E-state index in [0.717, 1.165) is 21.1 Å². The molecular weight excluding hydrogens is 417 g/mol. The van der Waals surface area contributed by atoms with E-state index in [-0.39, 0.29) is 12.4 Å². The van der Waals surface area contributed by atoms with Gasteiger partial charge in [-0.05, 0) is 40.2 Å². The lowest BCUT2D eigenvalue weighted by atomic mass is 10.2. The molecule has 0 saturated heterocycles. The third kappa shape index (κ3) is 3.66. The van der Waals surface area contributed by atoms with Gasteiger partial charge in [-0.3, -0.25) is 0 Å². The molecule has 0 saturated carbocycles. The average molecular weight is 431 g/mol. The first-order chi connectivity index (χ1) is 11.1. The van der Waals surface area contributed by atoms with Crippen molar-refractivity contribution in [1.29, 1.82) is 0 Å². The number of halogens is 3. The van der Waals surface area contributed by atoms with Crippen molar-refractivity contribution >= 4 is 62.3 Å². The first-order valence-corrected chi connectivity index (χ1v) is 7.88. The number of rotatable bonds is 4. The molecule has 24 heavy (non-hydrogen) atoms.